The summed E-state index contributed by atoms with van der Waals surface area (Å²) in [5, 5.41) is 5.08. The van der Waals surface area contributed by atoms with Gasteiger partial charge < -0.3 is 10.2 Å². The van der Waals surface area contributed by atoms with E-state index in [0.717, 1.165) is 16.9 Å². The van der Waals surface area contributed by atoms with Crippen molar-refractivity contribution in [1.82, 2.24) is 10.2 Å². The van der Waals surface area contributed by atoms with E-state index in [4.69, 9.17) is 0 Å². The van der Waals surface area contributed by atoms with Gasteiger partial charge in [0.2, 0.25) is 5.91 Å². The lowest BCUT2D eigenvalue weighted by atomic mass is 9.81. The summed E-state index contributed by atoms with van der Waals surface area (Å²) in [6, 6.07) is 21.2. The van der Waals surface area contributed by atoms with Gasteiger partial charge in [-0.1, -0.05) is 54.6 Å². The van der Waals surface area contributed by atoms with Crippen molar-refractivity contribution in [3.8, 4) is 0 Å². The van der Waals surface area contributed by atoms with Crippen LogP contribution in [0.5, 0.6) is 0 Å². The van der Waals surface area contributed by atoms with E-state index < -0.39 is 5.92 Å². The van der Waals surface area contributed by atoms with E-state index >= 15 is 0 Å². The molecule has 2 amide bonds. The maximum Gasteiger partial charge on any atom is 0.254 e. The Kier molecular flexibility index (Phi) is 5.26. The third-order valence-electron chi connectivity index (χ3n) is 5.25. The van der Waals surface area contributed by atoms with Crippen LogP contribution >= 0.6 is 11.3 Å². The molecule has 2 aromatic carbocycles. The van der Waals surface area contributed by atoms with Gasteiger partial charge in [0.05, 0.1) is 12.0 Å². The minimum atomic E-state index is -0.423. The van der Waals surface area contributed by atoms with Crippen molar-refractivity contribution in [2.24, 2.45) is 0 Å². The molecule has 5 heteroatoms. The van der Waals surface area contributed by atoms with Crippen molar-refractivity contribution >= 4 is 23.2 Å². The smallest absolute Gasteiger partial charge is 0.254 e. The summed E-state index contributed by atoms with van der Waals surface area (Å²) < 4.78 is 0. The Labute approximate surface area is 168 Å². The average Bonchev–Trinajstić information content (AvgIpc) is 3.25. The van der Waals surface area contributed by atoms with E-state index in [2.05, 4.69) is 17.4 Å². The number of thiophene rings is 1. The molecular formula is C23H22N2O2S. The van der Waals surface area contributed by atoms with Gasteiger partial charge in [-0.3, -0.25) is 9.59 Å². The van der Waals surface area contributed by atoms with Gasteiger partial charge in [0.25, 0.3) is 5.91 Å². The zero-order valence-corrected chi connectivity index (χ0v) is 16.5. The van der Waals surface area contributed by atoms with Crippen LogP contribution < -0.4 is 5.32 Å². The predicted molar refractivity (Wildman–Crippen MR) is 111 cm³/mol. The minimum absolute atomic E-state index is 0.0395. The van der Waals surface area contributed by atoms with Crippen molar-refractivity contribution in [2.45, 2.75) is 18.4 Å². The number of carbonyl (C=O) groups excluding carboxylic acids is 2. The van der Waals surface area contributed by atoms with Gasteiger partial charge in [-0.05, 0) is 35.1 Å². The number of likely N-dealkylation sites (N-methyl/N-ethyl adjacent to an activating group) is 1. The highest BCUT2D eigenvalue weighted by molar-refractivity contribution is 7.10. The van der Waals surface area contributed by atoms with E-state index in [-0.39, 0.29) is 17.9 Å². The van der Waals surface area contributed by atoms with Crippen LogP contribution in [-0.2, 0) is 11.2 Å². The van der Waals surface area contributed by atoms with Gasteiger partial charge >= 0.3 is 0 Å². The average molecular weight is 391 g/mol. The molecule has 1 aliphatic rings. The summed E-state index contributed by atoms with van der Waals surface area (Å²) in [5.74, 6) is -0.503. The van der Waals surface area contributed by atoms with Gasteiger partial charge in [-0.25, -0.2) is 0 Å². The highest BCUT2D eigenvalue weighted by Gasteiger charge is 2.42. The number of hydrogen-bond donors (Lipinski definition) is 1. The summed E-state index contributed by atoms with van der Waals surface area (Å²) >= 11 is 1.58. The van der Waals surface area contributed by atoms with Crippen molar-refractivity contribution in [1.29, 1.82) is 0 Å². The third-order valence-corrected chi connectivity index (χ3v) is 6.20. The topological polar surface area (TPSA) is 49.4 Å². The number of fused-ring (bicyclic) bond motifs is 1. The highest BCUT2D eigenvalue weighted by atomic mass is 32.1. The van der Waals surface area contributed by atoms with E-state index in [9.17, 15) is 9.59 Å². The van der Waals surface area contributed by atoms with Gasteiger partial charge in [-0.2, -0.15) is 0 Å². The normalized spacial score (nSPS) is 18.6. The van der Waals surface area contributed by atoms with Gasteiger partial charge in [-0.15, -0.1) is 11.3 Å². The zero-order chi connectivity index (χ0) is 19.5. The number of rotatable bonds is 5. The summed E-state index contributed by atoms with van der Waals surface area (Å²) in [4.78, 5) is 28.9. The molecular weight excluding hydrogens is 368 g/mol. The summed E-state index contributed by atoms with van der Waals surface area (Å²) in [5.41, 5.74) is 2.61. The fourth-order valence-corrected chi connectivity index (χ4v) is 4.76. The van der Waals surface area contributed by atoms with E-state index in [1.165, 1.54) is 5.56 Å². The molecule has 2 atom stereocenters. The number of nitrogens with zero attached hydrogens (tertiary/aromatic N) is 1. The van der Waals surface area contributed by atoms with Crippen molar-refractivity contribution in [2.75, 3.05) is 13.6 Å². The second kappa shape index (κ2) is 7.98. The van der Waals surface area contributed by atoms with Crippen LogP contribution in [0, 0.1) is 0 Å². The van der Waals surface area contributed by atoms with Crippen LogP contribution in [0.15, 0.2) is 72.1 Å². The molecule has 0 fully saturated rings. The lowest BCUT2D eigenvalue weighted by molar-refractivity contribution is -0.124. The van der Waals surface area contributed by atoms with Gasteiger partial charge in [0, 0.05) is 24.0 Å². The lowest BCUT2D eigenvalue weighted by Gasteiger charge is -2.39. The van der Waals surface area contributed by atoms with Crippen LogP contribution in [0.2, 0.25) is 0 Å². The molecule has 142 valence electrons. The monoisotopic (exact) mass is 390 g/mol. The number of hydrogen-bond acceptors (Lipinski definition) is 3. The molecule has 0 spiro atoms. The number of carbonyl (C=O) groups is 2. The first kappa shape index (κ1) is 18.4. The van der Waals surface area contributed by atoms with Crippen LogP contribution in [0.3, 0.4) is 0 Å². The van der Waals surface area contributed by atoms with E-state index in [0.29, 0.717) is 12.1 Å². The molecule has 0 bridgehead atoms. The largest absolute Gasteiger partial charge is 0.355 e. The molecule has 1 N–H and O–H groups in total. The Morgan fingerprint density at radius 3 is 2.54 bits per heavy atom. The van der Waals surface area contributed by atoms with Crippen molar-refractivity contribution < 1.29 is 9.59 Å². The number of nitrogens with one attached hydrogen (secondary N) is 1. The molecule has 0 unspecified atom stereocenters. The first-order valence-electron chi connectivity index (χ1n) is 9.38. The highest BCUT2D eigenvalue weighted by Crippen LogP contribution is 2.43. The van der Waals surface area contributed by atoms with Gasteiger partial charge in [0.15, 0.2) is 0 Å². The zero-order valence-electron chi connectivity index (χ0n) is 15.7. The van der Waals surface area contributed by atoms with Crippen LogP contribution in [0.4, 0.5) is 0 Å². The molecule has 1 aromatic heterocycles. The van der Waals surface area contributed by atoms with Gasteiger partial charge in [0.1, 0.15) is 0 Å². The summed E-state index contributed by atoms with van der Waals surface area (Å²) in [6.07, 6.45) is 0.777. The van der Waals surface area contributed by atoms with Crippen molar-refractivity contribution in [3.63, 3.8) is 0 Å². The summed E-state index contributed by atoms with van der Waals surface area (Å²) in [6.45, 7) is 0.566. The van der Waals surface area contributed by atoms with Crippen LogP contribution in [0.25, 0.3) is 0 Å². The standard InChI is InChI=1S/C23H22N2O2S/c1-25-21(19-12-7-15-28-19)20(17-10-5-6-11-18(17)23(25)27)22(26)24-14-13-16-8-3-2-4-9-16/h2-12,15,20-21H,13-14H2,1H3,(H,24,26)/t20-,21-/m0/s1. The SMILES string of the molecule is CN1C(=O)c2ccccc2[C@H](C(=O)NCCc2ccccc2)[C@@H]1c1cccs1. The molecule has 3 aromatic rings. The Bertz CT molecular complexity index is 969. The van der Waals surface area contributed by atoms with E-state index in [1.54, 1.807) is 23.3 Å². The maximum absolute atomic E-state index is 13.3. The summed E-state index contributed by atoms with van der Waals surface area (Å²) in [7, 11) is 1.78. The number of amides is 2. The Hall–Kier alpha value is -2.92. The molecule has 0 aliphatic carbocycles. The second-order valence-corrected chi connectivity index (χ2v) is 7.95. The number of benzene rings is 2. The Balaban J connectivity index is 1.62. The quantitative estimate of drug-likeness (QED) is 0.715. The minimum Gasteiger partial charge on any atom is -0.355 e. The fraction of sp³-hybridized carbons (Fsp3) is 0.217. The molecule has 0 radical (unpaired) electrons. The first-order chi connectivity index (χ1) is 13.7. The fourth-order valence-electron chi connectivity index (χ4n) is 3.86. The lowest BCUT2D eigenvalue weighted by Crippen LogP contribution is -2.45. The molecule has 4 nitrogen and oxygen atoms in total. The molecule has 0 saturated heterocycles. The molecule has 4 rings (SSSR count). The third kappa shape index (κ3) is 3.45. The predicted octanol–water partition coefficient (Wildman–Crippen LogP) is 4.02. The maximum atomic E-state index is 13.3. The molecule has 1 aliphatic heterocycles. The van der Waals surface area contributed by atoms with Crippen molar-refractivity contribution in [3.05, 3.63) is 93.7 Å². The Morgan fingerprint density at radius 1 is 1.04 bits per heavy atom. The molecule has 28 heavy (non-hydrogen) atoms. The van der Waals surface area contributed by atoms with E-state index in [1.807, 2.05) is 60.0 Å². The Morgan fingerprint density at radius 2 is 1.79 bits per heavy atom. The molecule has 0 saturated carbocycles. The van der Waals surface area contributed by atoms with Crippen LogP contribution in [-0.4, -0.2) is 30.3 Å². The molecule has 2 heterocycles. The van der Waals surface area contributed by atoms with Crippen LogP contribution in [0.1, 0.15) is 38.3 Å². The first-order valence-corrected chi connectivity index (χ1v) is 10.3. The second-order valence-electron chi connectivity index (χ2n) is 6.97.